The van der Waals surface area contributed by atoms with E-state index in [2.05, 4.69) is 4.72 Å². The minimum atomic E-state index is -3.42. The van der Waals surface area contributed by atoms with Crippen molar-refractivity contribution in [3.63, 3.8) is 0 Å². The lowest BCUT2D eigenvalue weighted by Gasteiger charge is -2.12. The van der Waals surface area contributed by atoms with Gasteiger partial charge in [-0.2, -0.15) is 0 Å². The predicted octanol–water partition coefficient (Wildman–Crippen LogP) is 1.18. The van der Waals surface area contributed by atoms with Crippen LogP contribution in [0.3, 0.4) is 0 Å². The summed E-state index contributed by atoms with van der Waals surface area (Å²) in [4.78, 5) is 0.349. The normalized spacial score (nSPS) is 13.6. The van der Waals surface area contributed by atoms with Crippen LogP contribution < -0.4 is 10.5 Å². The highest BCUT2D eigenvalue weighted by atomic mass is 32.2. The van der Waals surface area contributed by atoms with Crippen LogP contribution in [0.2, 0.25) is 0 Å². The van der Waals surface area contributed by atoms with Crippen molar-refractivity contribution in [3.8, 4) is 0 Å². The highest BCUT2D eigenvalue weighted by Gasteiger charge is 2.17. The fourth-order valence-electron chi connectivity index (χ4n) is 1.41. The molecule has 1 aromatic carbocycles. The summed E-state index contributed by atoms with van der Waals surface area (Å²) in [5.41, 5.74) is 7.15. The maximum Gasteiger partial charge on any atom is 0.240 e. The van der Waals surface area contributed by atoms with Gasteiger partial charge in [0.2, 0.25) is 10.0 Å². The molecule has 0 heterocycles. The molecule has 1 atom stereocenters. The van der Waals surface area contributed by atoms with Crippen LogP contribution >= 0.6 is 0 Å². The molecule has 0 aromatic heterocycles. The Morgan fingerprint density at radius 2 is 2.00 bits per heavy atom. The van der Waals surface area contributed by atoms with E-state index in [-0.39, 0.29) is 5.92 Å². The number of hydrogen-bond donors (Lipinski definition) is 2. The van der Waals surface area contributed by atoms with E-state index in [1.54, 1.807) is 13.0 Å². The average Bonchev–Trinajstić information content (AvgIpc) is 2.29. The highest BCUT2D eigenvalue weighted by molar-refractivity contribution is 7.89. The second-order valence-electron chi connectivity index (χ2n) is 4.46. The van der Waals surface area contributed by atoms with Crippen molar-refractivity contribution in [3.05, 3.63) is 29.3 Å². The first-order chi connectivity index (χ1) is 7.86. The molecule has 0 saturated carbocycles. The maximum absolute atomic E-state index is 12.1. The van der Waals surface area contributed by atoms with Crippen molar-refractivity contribution in [1.29, 1.82) is 0 Å². The third-order valence-electron chi connectivity index (χ3n) is 2.66. The summed E-state index contributed by atoms with van der Waals surface area (Å²) in [5.74, 6) is 0.134. The van der Waals surface area contributed by atoms with E-state index >= 15 is 0 Å². The summed E-state index contributed by atoms with van der Waals surface area (Å²) >= 11 is 0. The van der Waals surface area contributed by atoms with E-state index in [1.807, 2.05) is 26.0 Å². The summed E-state index contributed by atoms with van der Waals surface area (Å²) in [6.07, 6.45) is 0. The van der Waals surface area contributed by atoms with Gasteiger partial charge in [0.1, 0.15) is 0 Å². The van der Waals surface area contributed by atoms with Crippen LogP contribution in [0.25, 0.3) is 0 Å². The molecule has 3 N–H and O–H groups in total. The molecule has 0 saturated heterocycles. The number of aryl methyl sites for hydroxylation is 2. The van der Waals surface area contributed by atoms with Gasteiger partial charge in [-0.3, -0.25) is 0 Å². The van der Waals surface area contributed by atoms with Crippen LogP contribution in [-0.4, -0.2) is 21.5 Å². The fraction of sp³-hybridized carbons (Fsp3) is 0.500. The molecule has 1 rings (SSSR count). The fourth-order valence-corrected chi connectivity index (χ4v) is 2.90. The van der Waals surface area contributed by atoms with Gasteiger partial charge in [-0.25, -0.2) is 13.1 Å². The quantitative estimate of drug-likeness (QED) is 0.831. The Morgan fingerprint density at radius 3 is 2.59 bits per heavy atom. The van der Waals surface area contributed by atoms with Crippen LogP contribution in [0.4, 0.5) is 0 Å². The van der Waals surface area contributed by atoms with Crippen molar-refractivity contribution in [2.75, 3.05) is 13.1 Å². The van der Waals surface area contributed by atoms with Crippen LogP contribution in [0.5, 0.6) is 0 Å². The second-order valence-corrected chi connectivity index (χ2v) is 6.20. The molecule has 0 fully saturated rings. The standard InChI is InChI=1S/C12H20N2O2S/c1-9-4-5-11(3)12(6-9)17(15,16)14-8-10(2)7-13/h4-6,10,14H,7-8,13H2,1-3H3. The van der Waals surface area contributed by atoms with Gasteiger partial charge in [0, 0.05) is 6.54 Å². The third kappa shape index (κ3) is 3.80. The summed E-state index contributed by atoms with van der Waals surface area (Å²) in [6, 6.07) is 5.40. The zero-order valence-corrected chi connectivity index (χ0v) is 11.3. The number of sulfonamides is 1. The van der Waals surface area contributed by atoms with E-state index in [0.29, 0.717) is 18.0 Å². The average molecular weight is 256 g/mol. The molecular weight excluding hydrogens is 236 g/mol. The summed E-state index contributed by atoms with van der Waals surface area (Å²) < 4.78 is 26.7. The van der Waals surface area contributed by atoms with Crippen molar-refractivity contribution in [2.24, 2.45) is 11.7 Å². The molecular formula is C12H20N2O2S. The molecule has 0 aliphatic heterocycles. The Bertz CT molecular complexity index is 483. The summed E-state index contributed by atoms with van der Waals surface area (Å²) in [6.45, 7) is 6.41. The lowest BCUT2D eigenvalue weighted by atomic mass is 10.2. The Kier molecular flexibility index (Phi) is 4.68. The molecule has 17 heavy (non-hydrogen) atoms. The first-order valence-corrected chi connectivity index (χ1v) is 7.12. The Hall–Kier alpha value is -0.910. The van der Waals surface area contributed by atoms with Crippen LogP contribution in [-0.2, 0) is 10.0 Å². The van der Waals surface area contributed by atoms with E-state index in [4.69, 9.17) is 5.73 Å². The predicted molar refractivity (Wildman–Crippen MR) is 69.3 cm³/mol. The monoisotopic (exact) mass is 256 g/mol. The molecule has 0 radical (unpaired) electrons. The second kappa shape index (κ2) is 5.62. The SMILES string of the molecule is Cc1ccc(C)c(S(=O)(=O)NCC(C)CN)c1. The number of benzene rings is 1. The van der Waals surface area contributed by atoms with Crippen molar-refractivity contribution in [2.45, 2.75) is 25.7 Å². The van der Waals surface area contributed by atoms with Crippen molar-refractivity contribution >= 4 is 10.0 Å². The minimum absolute atomic E-state index is 0.134. The van der Waals surface area contributed by atoms with Crippen LogP contribution in [0.15, 0.2) is 23.1 Å². The Balaban J connectivity index is 2.93. The maximum atomic E-state index is 12.1. The highest BCUT2D eigenvalue weighted by Crippen LogP contribution is 2.16. The van der Waals surface area contributed by atoms with Gasteiger partial charge >= 0.3 is 0 Å². The molecule has 0 amide bonds. The molecule has 5 heteroatoms. The lowest BCUT2D eigenvalue weighted by Crippen LogP contribution is -2.31. The number of hydrogen-bond acceptors (Lipinski definition) is 3. The lowest BCUT2D eigenvalue weighted by molar-refractivity contribution is 0.544. The minimum Gasteiger partial charge on any atom is -0.330 e. The summed E-state index contributed by atoms with van der Waals surface area (Å²) in [5, 5.41) is 0. The number of nitrogens with two attached hydrogens (primary N) is 1. The van der Waals surface area contributed by atoms with Gasteiger partial charge in [0.05, 0.1) is 4.90 Å². The molecule has 96 valence electrons. The molecule has 0 aliphatic carbocycles. The Morgan fingerprint density at radius 1 is 1.35 bits per heavy atom. The topological polar surface area (TPSA) is 72.2 Å². The molecule has 0 spiro atoms. The molecule has 1 unspecified atom stereocenters. The van der Waals surface area contributed by atoms with Gasteiger partial charge < -0.3 is 5.73 Å². The smallest absolute Gasteiger partial charge is 0.240 e. The van der Waals surface area contributed by atoms with Gasteiger partial charge in [-0.15, -0.1) is 0 Å². The van der Waals surface area contributed by atoms with E-state index in [9.17, 15) is 8.42 Å². The number of nitrogens with one attached hydrogen (secondary N) is 1. The zero-order valence-electron chi connectivity index (χ0n) is 10.5. The van der Waals surface area contributed by atoms with E-state index < -0.39 is 10.0 Å². The molecule has 0 aliphatic rings. The first-order valence-electron chi connectivity index (χ1n) is 5.64. The van der Waals surface area contributed by atoms with Crippen molar-refractivity contribution < 1.29 is 8.42 Å². The number of rotatable bonds is 5. The van der Waals surface area contributed by atoms with E-state index in [0.717, 1.165) is 11.1 Å². The first kappa shape index (κ1) is 14.2. The Labute approximate surface area is 103 Å². The largest absolute Gasteiger partial charge is 0.330 e. The van der Waals surface area contributed by atoms with Gasteiger partial charge in [0.15, 0.2) is 0 Å². The van der Waals surface area contributed by atoms with Crippen molar-refractivity contribution in [1.82, 2.24) is 4.72 Å². The van der Waals surface area contributed by atoms with Gasteiger partial charge in [-0.05, 0) is 43.5 Å². The van der Waals surface area contributed by atoms with Gasteiger partial charge in [0.25, 0.3) is 0 Å². The third-order valence-corrected chi connectivity index (χ3v) is 4.22. The zero-order chi connectivity index (χ0) is 13.1. The molecule has 4 nitrogen and oxygen atoms in total. The van der Waals surface area contributed by atoms with Crippen LogP contribution in [0.1, 0.15) is 18.1 Å². The summed E-state index contributed by atoms with van der Waals surface area (Å²) in [7, 11) is -3.42. The molecule has 0 bridgehead atoms. The van der Waals surface area contributed by atoms with Crippen LogP contribution in [0, 0.1) is 19.8 Å². The van der Waals surface area contributed by atoms with E-state index in [1.165, 1.54) is 0 Å². The molecule has 1 aromatic rings. The van der Waals surface area contributed by atoms with Gasteiger partial charge in [-0.1, -0.05) is 19.1 Å².